The fraction of sp³-hybridized carbons (Fsp3) is 0.333. The lowest BCUT2D eigenvalue weighted by atomic mass is 10.6. The van der Waals surface area contributed by atoms with E-state index >= 15 is 0 Å². The van der Waals surface area contributed by atoms with Crippen molar-refractivity contribution < 1.29 is 9.76 Å². The Labute approximate surface area is 45.0 Å². The topological polar surface area (TPSA) is 64.4 Å². The first-order chi connectivity index (χ1) is 3.80. The molecule has 0 aromatic heterocycles. The van der Waals surface area contributed by atoms with Gasteiger partial charge in [-0.05, 0) is 0 Å². The Hall–Kier alpha value is -1.10. The molecule has 0 saturated carbocycles. The summed E-state index contributed by atoms with van der Waals surface area (Å²) in [7, 11) is 0. The van der Waals surface area contributed by atoms with Crippen LogP contribution in [0.3, 0.4) is 0 Å². The van der Waals surface area contributed by atoms with E-state index in [1.807, 2.05) is 0 Å². The number of nitrogens with zero attached hydrogens (tertiary/aromatic N) is 1. The molecule has 0 aromatic carbocycles. The van der Waals surface area contributed by atoms with E-state index in [1.54, 1.807) is 0 Å². The quantitative estimate of drug-likeness (QED) is 0.367. The van der Waals surface area contributed by atoms with E-state index in [0.717, 1.165) is 0 Å². The number of rotatable bonds is 1. The van der Waals surface area contributed by atoms with Crippen LogP contribution in [0.1, 0.15) is 0 Å². The Morgan fingerprint density at radius 3 is 3.00 bits per heavy atom. The number of nitro groups is 1. The summed E-state index contributed by atoms with van der Waals surface area (Å²) in [5, 5.41) is 9.74. The smallest absolute Gasteiger partial charge is 0.344 e. The predicted octanol–water partition coefficient (Wildman–Crippen LogP) is -0.558. The summed E-state index contributed by atoms with van der Waals surface area (Å²) >= 11 is 0. The maximum atomic E-state index is 9.74. The zero-order valence-electron chi connectivity index (χ0n) is 3.88. The molecule has 43 valence electrons. The molecular formula is C3H3N2O3. The molecule has 0 fully saturated rings. The van der Waals surface area contributed by atoms with E-state index in [-0.39, 0.29) is 12.4 Å². The second-order valence-corrected chi connectivity index (χ2v) is 1.16. The molecule has 0 spiro atoms. The first kappa shape index (κ1) is 5.04. The van der Waals surface area contributed by atoms with Crippen molar-refractivity contribution in [2.45, 2.75) is 0 Å². The molecule has 0 bridgehead atoms. The molecule has 0 aromatic rings. The van der Waals surface area contributed by atoms with Gasteiger partial charge in [0.25, 0.3) is 0 Å². The largest absolute Gasteiger partial charge is 0.451 e. The van der Waals surface area contributed by atoms with Crippen molar-refractivity contribution in [3.63, 3.8) is 0 Å². The highest BCUT2D eigenvalue weighted by Gasteiger charge is 2.16. The normalized spacial score (nSPS) is 17.2. The minimum Gasteiger partial charge on any atom is -0.344 e. The molecule has 1 aliphatic rings. The number of hydrogen-bond acceptors (Lipinski definition) is 4. The average Bonchev–Trinajstić information content (AvgIpc) is 2.12. The Balaban J connectivity index is 2.57. The molecule has 1 radical (unpaired) electrons. The predicted molar refractivity (Wildman–Crippen MR) is 22.8 cm³/mol. The number of hydroxylamine groups is 1. The van der Waals surface area contributed by atoms with Gasteiger partial charge in [-0.2, -0.15) is 0 Å². The highest BCUT2D eigenvalue weighted by molar-refractivity contribution is 4.78. The fourth-order valence-corrected chi connectivity index (χ4v) is 0.354. The van der Waals surface area contributed by atoms with Gasteiger partial charge in [0.15, 0.2) is 0 Å². The summed E-state index contributed by atoms with van der Waals surface area (Å²) in [6.45, 7) is 0.288. The summed E-state index contributed by atoms with van der Waals surface area (Å²) in [4.78, 5) is 13.4. The van der Waals surface area contributed by atoms with Crippen LogP contribution < -0.4 is 5.48 Å². The van der Waals surface area contributed by atoms with E-state index in [9.17, 15) is 10.1 Å². The Kier molecular flexibility index (Phi) is 1.13. The summed E-state index contributed by atoms with van der Waals surface area (Å²) in [6, 6.07) is 0. The Bertz CT molecular complexity index is 141. The van der Waals surface area contributed by atoms with Crippen LogP contribution in [0.5, 0.6) is 0 Å². The minimum absolute atomic E-state index is 0.288. The second-order valence-electron chi connectivity index (χ2n) is 1.16. The van der Waals surface area contributed by atoms with Gasteiger partial charge in [0.05, 0.1) is 6.54 Å². The Morgan fingerprint density at radius 2 is 2.75 bits per heavy atom. The van der Waals surface area contributed by atoms with Gasteiger partial charge in [0.2, 0.25) is 0 Å². The molecule has 0 amide bonds. The van der Waals surface area contributed by atoms with Crippen LogP contribution in [0.25, 0.3) is 0 Å². The third-order valence-electron chi connectivity index (χ3n) is 0.646. The van der Waals surface area contributed by atoms with Gasteiger partial charge >= 0.3 is 5.88 Å². The summed E-state index contributed by atoms with van der Waals surface area (Å²) in [5.74, 6) is -0.343. The van der Waals surface area contributed by atoms with Crippen LogP contribution in [-0.2, 0) is 4.84 Å². The molecule has 0 unspecified atom stereocenters. The van der Waals surface area contributed by atoms with E-state index in [2.05, 4.69) is 16.4 Å². The van der Waals surface area contributed by atoms with Gasteiger partial charge in [-0.15, -0.1) is 5.48 Å². The highest BCUT2D eigenvalue weighted by atomic mass is 16.7. The summed E-state index contributed by atoms with van der Waals surface area (Å²) in [5.41, 5.74) is 2.26. The molecule has 0 atom stereocenters. The first-order valence-corrected chi connectivity index (χ1v) is 1.95. The van der Waals surface area contributed by atoms with Crippen LogP contribution in [0.15, 0.2) is 5.88 Å². The van der Waals surface area contributed by atoms with E-state index in [4.69, 9.17) is 0 Å². The van der Waals surface area contributed by atoms with Crippen molar-refractivity contribution in [3.05, 3.63) is 22.1 Å². The molecule has 1 aliphatic heterocycles. The lowest BCUT2D eigenvalue weighted by Gasteiger charge is -1.88. The zero-order valence-corrected chi connectivity index (χ0v) is 3.88. The molecule has 1 N–H and O–H groups in total. The van der Waals surface area contributed by atoms with Gasteiger partial charge in [-0.3, -0.25) is 10.1 Å². The van der Waals surface area contributed by atoms with E-state index in [0.29, 0.717) is 0 Å². The van der Waals surface area contributed by atoms with Gasteiger partial charge in [-0.1, -0.05) is 0 Å². The van der Waals surface area contributed by atoms with Crippen LogP contribution in [0, 0.1) is 16.2 Å². The molecule has 0 saturated heterocycles. The summed E-state index contributed by atoms with van der Waals surface area (Å²) in [6.07, 6.45) is 2.34. The number of nitrogens with one attached hydrogen (secondary N) is 1. The van der Waals surface area contributed by atoms with Crippen molar-refractivity contribution in [1.29, 1.82) is 0 Å². The van der Waals surface area contributed by atoms with Crippen LogP contribution in [0.4, 0.5) is 0 Å². The number of hydrogen-bond donors (Lipinski definition) is 1. The monoisotopic (exact) mass is 115 g/mol. The average molecular weight is 115 g/mol. The van der Waals surface area contributed by atoms with Gasteiger partial charge in [0, 0.05) is 0 Å². The Morgan fingerprint density at radius 1 is 2.00 bits per heavy atom. The third-order valence-corrected chi connectivity index (χ3v) is 0.646. The van der Waals surface area contributed by atoms with Crippen molar-refractivity contribution in [1.82, 2.24) is 5.48 Å². The summed E-state index contributed by atoms with van der Waals surface area (Å²) < 4.78 is 0. The van der Waals surface area contributed by atoms with Crippen LogP contribution in [0.2, 0.25) is 0 Å². The van der Waals surface area contributed by atoms with Gasteiger partial charge in [-0.25, -0.2) is 0 Å². The molecule has 1 heterocycles. The van der Waals surface area contributed by atoms with Crippen molar-refractivity contribution in [2.24, 2.45) is 0 Å². The SMILES string of the molecule is O=[N+]([O-])C1=[C]CNO1. The van der Waals surface area contributed by atoms with Crippen molar-refractivity contribution in [3.8, 4) is 0 Å². The van der Waals surface area contributed by atoms with Crippen LogP contribution >= 0.6 is 0 Å². The maximum absolute atomic E-state index is 9.74. The lowest BCUT2D eigenvalue weighted by molar-refractivity contribution is -0.465. The molecular weight excluding hydrogens is 112 g/mol. The van der Waals surface area contributed by atoms with E-state index in [1.165, 1.54) is 0 Å². The standard InChI is InChI=1S/C3H3N2O3/c6-5(7)3-1-2-4-8-3/h4H,2H2. The zero-order chi connectivity index (χ0) is 5.98. The molecule has 5 nitrogen and oxygen atoms in total. The molecule has 1 rings (SSSR count). The lowest BCUT2D eigenvalue weighted by Crippen LogP contribution is -2.07. The van der Waals surface area contributed by atoms with Gasteiger partial charge in [0.1, 0.15) is 11.0 Å². The maximum Gasteiger partial charge on any atom is 0.451 e. The first-order valence-electron chi connectivity index (χ1n) is 1.95. The minimum atomic E-state index is -0.639. The van der Waals surface area contributed by atoms with Gasteiger partial charge < -0.3 is 4.84 Å². The van der Waals surface area contributed by atoms with E-state index < -0.39 is 4.92 Å². The molecule has 5 heteroatoms. The fourth-order valence-electron chi connectivity index (χ4n) is 0.354. The molecule has 8 heavy (non-hydrogen) atoms. The van der Waals surface area contributed by atoms with Crippen molar-refractivity contribution in [2.75, 3.05) is 6.54 Å². The van der Waals surface area contributed by atoms with Crippen LogP contribution in [-0.4, -0.2) is 11.5 Å². The molecule has 0 aliphatic carbocycles. The highest BCUT2D eigenvalue weighted by Crippen LogP contribution is 1.97. The van der Waals surface area contributed by atoms with Crippen molar-refractivity contribution >= 4 is 0 Å². The second kappa shape index (κ2) is 1.79. The third kappa shape index (κ3) is 0.760.